The molecular formula is C29H27BrF3N3O2. The quantitative estimate of drug-likeness (QED) is 0.245. The van der Waals surface area contributed by atoms with Gasteiger partial charge in [-0.25, -0.2) is 0 Å². The van der Waals surface area contributed by atoms with Crippen molar-refractivity contribution < 1.29 is 22.7 Å². The SMILES string of the molecule is COc1cc(C(=O)NCCN(C)C)ccc1-c1ccc(-c2ccc(Br)cc2)n1-c1ccccc1C(F)(F)F. The van der Waals surface area contributed by atoms with Gasteiger partial charge in [0.15, 0.2) is 0 Å². The van der Waals surface area contributed by atoms with Crippen LogP contribution in [0.3, 0.4) is 0 Å². The molecule has 0 aliphatic rings. The number of aromatic nitrogens is 1. The van der Waals surface area contributed by atoms with E-state index >= 15 is 0 Å². The van der Waals surface area contributed by atoms with Crippen molar-refractivity contribution in [1.82, 2.24) is 14.8 Å². The number of carbonyl (C=O) groups is 1. The Kier molecular flexibility index (Phi) is 8.28. The van der Waals surface area contributed by atoms with Gasteiger partial charge in [-0.2, -0.15) is 13.2 Å². The molecule has 5 nitrogen and oxygen atoms in total. The Balaban J connectivity index is 1.87. The lowest BCUT2D eigenvalue weighted by molar-refractivity contribution is -0.137. The van der Waals surface area contributed by atoms with Crippen LogP contribution in [0.2, 0.25) is 0 Å². The molecule has 0 radical (unpaired) electrons. The minimum Gasteiger partial charge on any atom is -0.496 e. The van der Waals surface area contributed by atoms with Crippen LogP contribution < -0.4 is 10.1 Å². The number of nitrogens with zero attached hydrogens (tertiary/aromatic N) is 2. The molecule has 0 aliphatic heterocycles. The topological polar surface area (TPSA) is 46.5 Å². The van der Waals surface area contributed by atoms with Crippen molar-refractivity contribution in [2.24, 2.45) is 0 Å². The van der Waals surface area contributed by atoms with E-state index in [1.807, 2.05) is 43.3 Å². The summed E-state index contributed by atoms with van der Waals surface area (Å²) in [5.74, 6) is 0.113. The minimum absolute atomic E-state index is 0.00882. The number of halogens is 4. The molecule has 0 unspecified atom stereocenters. The highest BCUT2D eigenvalue weighted by Gasteiger charge is 2.34. The van der Waals surface area contributed by atoms with E-state index in [9.17, 15) is 18.0 Å². The first-order chi connectivity index (χ1) is 18.1. The number of benzene rings is 3. The lowest BCUT2D eigenvalue weighted by Gasteiger charge is -2.20. The average Bonchev–Trinajstić information content (AvgIpc) is 3.32. The normalized spacial score (nSPS) is 11.6. The third-order valence-electron chi connectivity index (χ3n) is 6.06. The predicted molar refractivity (Wildman–Crippen MR) is 147 cm³/mol. The van der Waals surface area contributed by atoms with Gasteiger partial charge in [-0.15, -0.1) is 0 Å². The molecule has 0 atom stereocenters. The van der Waals surface area contributed by atoms with E-state index in [4.69, 9.17) is 4.74 Å². The third-order valence-corrected chi connectivity index (χ3v) is 6.58. The van der Waals surface area contributed by atoms with Crippen molar-refractivity contribution in [3.63, 3.8) is 0 Å². The fourth-order valence-electron chi connectivity index (χ4n) is 4.20. The van der Waals surface area contributed by atoms with E-state index in [0.29, 0.717) is 41.4 Å². The van der Waals surface area contributed by atoms with Crippen LogP contribution >= 0.6 is 15.9 Å². The maximum absolute atomic E-state index is 14.1. The zero-order chi connectivity index (χ0) is 27.4. The number of hydrogen-bond donors (Lipinski definition) is 1. The van der Waals surface area contributed by atoms with Crippen LogP contribution in [0.25, 0.3) is 28.2 Å². The van der Waals surface area contributed by atoms with Gasteiger partial charge >= 0.3 is 6.18 Å². The van der Waals surface area contributed by atoms with E-state index in [1.165, 1.54) is 19.2 Å². The zero-order valence-corrected chi connectivity index (χ0v) is 22.7. The van der Waals surface area contributed by atoms with Gasteiger partial charge in [0, 0.05) is 28.7 Å². The largest absolute Gasteiger partial charge is 0.496 e. The van der Waals surface area contributed by atoms with Crippen LogP contribution in [0.4, 0.5) is 13.2 Å². The van der Waals surface area contributed by atoms with Crippen LogP contribution in [0.15, 0.2) is 83.3 Å². The van der Waals surface area contributed by atoms with Crippen molar-refractivity contribution in [3.05, 3.63) is 94.5 Å². The molecule has 1 amide bonds. The summed E-state index contributed by atoms with van der Waals surface area (Å²) in [5, 5.41) is 2.86. The molecule has 0 fully saturated rings. The lowest BCUT2D eigenvalue weighted by Crippen LogP contribution is -2.31. The number of amides is 1. The second kappa shape index (κ2) is 11.4. The standard InChI is InChI=1S/C29H27BrF3N3O2/c1-35(2)17-16-34-28(37)20-10-13-22(27(18-20)38-3)25-15-14-24(19-8-11-21(30)12-9-19)36(25)26-7-5-4-6-23(26)29(31,32)33/h4-15,18H,16-17H2,1-3H3,(H,34,37). The monoisotopic (exact) mass is 585 g/mol. The third kappa shape index (κ3) is 5.95. The molecule has 9 heteroatoms. The summed E-state index contributed by atoms with van der Waals surface area (Å²) < 4.78 is 50.4. The Morgan fingerprint density at radius 2 is 1.66 bits per heavy atom. The van der Waals surface area contributed by atoms with E-state index in [2.05, 4.69) is 21.2 Å². The van der Waals surface area contributed by atoms with Crippen LogP contribution in [0.1, 0.15) is 15.9 Å². The number of nitrogens with one attached hydrogen (secondary N) is 1. The van der Waals surface area contributed by atoms with Crippen molar-refractivity contribution >= 4 is 21.8 Å². The van der Waals surface area contributed by atoms with Gasteiger partial charge < -0.3 is 19.5 Å². The molecule has 198 valence electrons. The zero-order valence-electron chi connectivity index (χ0n) is 21.1. The summed E-state index contributed by atoms with van der Waals surface area (Å²) in [7, 11) is 5.30. The molecule has 0 saturated heterocycles. The van der Waals surface area contributed by atoms with E-state index in [0.717, 1.165) is 16.1 Å². The average molecular weight is 586 g/mol. The number of likely N-dealkylation sites (N-methyl/N-ethyl adjacent to an activating group) is 1. The molecule has 0 bridgehead atoms. The maximum Gasteiger partial charge on any atom is 0.418 e. The Hall–Kier alpha value is -3.56. The molecule has 4 rings (SSSR count). The second-order valence-corrected chi connectivity index (χ2v) is 9.85. The van der Waals surface area contributed by atoms with Crippen LogP contribution in [-0.2, 0) is 6.18 Å². The highest BCUT2D eigenvalue weighted by Crippen LogP contribution is 2.41. The molecule has 1 aromatic heterocycles. The first kappa shape index (κ1) is 27.5. The Bertz CT molecular complexity index is 1430. The smallest absolute Gasteiger partial charge is 0.418 e. The summed E-state index contributed by atoms with van der Waals surface area (Å²) in [6.45, 7) is 1.16. The van der Waals surface area contributed by atoms with Gasteiger partial charge in [0.2, 0.25) is 0 Å². The molecule has 1 heterocycles. The fraction of sp³-hybridized carbons (Fsp3) is 0.207. The Labute approximate surface area is 228 Å². The number of carbonyl (C=O) groups excluding carboxylic acids is 1. The summed E-state index contributed by atoms with van der Waals surface area (Å²) in [4.78, 5) is 14.6. The Morgan fingerprint density at radius 3 is 2.32 bits per heavy atom. The van der Waals surface area contributed by atoms with Crippen LogP contribution in [-0.4, -0.2) is 49.7 Å². The molecule has 0 spiro atoms. The molecule has 0 saturated carbocycles. The van der Waals surface area contributed by atoms with E-state index < -0.39 is 11.7 Å². The number of hydrogen-bond acceptors (Lipinski definition) is 3. The van der Waals surface area contributed by atoms with Crippen molar-refractivity contribution in [2.45, 2.75) is 6.18 Å². The summed E-state index contributed by atoms with van der Waals surface area (Å²) in [6.07, 6.45) is -4.56. The van der Waals surface area contributed by atoms with Gasteiger partial charge in [-0.3, -0.25) is 4.79 Å². The minimum atomic E-state index is -4.56. The van der Waals surface area contributed by atoms with Crippen LogP contribution in [0, 0.1) is 0 Å². The fourth-order valence-corrected chi connectivity index (χ4v) is 4.46. The number of para-hydroxylation sites is 1. The highest BCUT2D eigenvalue weighted by molar-refractivity contribution is 9.10. The molecule has 38 heavy (non-hydrogen) atoms. The summed E-state index contributed by atoms with van der Waals surface area (Å²) >= 11 is 3.41. The highest BCUT2D eigenvalue weighted by atomic mass is 79.9. The van der Waals surface area contributed by atoms with E-state index in [1.54, 1.807) is 41.0 Å². The molecule has 1 N–H and O–H groups in total. The van der Waals surface area contributed by atoms with Gasteiger partial charge in [0.25, 0.3) is 5.91 Å². The van der Waals surface area contributed by atoms with Crippen LogP contribution in [0.5, 0.6) is 5.75 Å². The number of methoxy groups -OCH3 is 1. The Morgan fingerprint density at radius 1 is 0.974 bits per heavy atom. The number of ether oxygens (including phenoxy) is 1. The first-order valence-electron chi connectivity index (χ1n) is 11.9. The molecule has 4 aromatic rings. The maximum atomic E-state index is 14.1. The van der Waals surface area contributed by atoms with Gasteiger partial charge in [-0.05, 0) is 74.3 Å². The molecule has 3 aromatic carbocycles. The van der Waals surface area contributed by atoms with Gasteiger partial charge in [-0.1, -0.05) is 40.2 Å². The summed E-state index contributed by atoms with van der Waals surface area (Å²) in [6, 6.07) is 21.3. The number of alkyl halides is 3. The lowest BCUT2D eigenvalue weighted by atomic mass is 10.1. The molecule has 0 aliphatic carbocycles. The van der Waals surface area contributed by atoms with E-state index in [-0.39, 0.29) is 11.6 Å². The summed E-state index contributed by atoms with van der Waals surface area (Å²) in [5.41, 5.74) is 2.00. The van der Waals surface area contributed by atoms with Crippen molar-refractivity contribution in [2.75, 3.05) is 34.3 Å². The van der Waals surface area contributed by atoms with Gasteiger partial charge in [0.05, 0.1) is 29.7 Å². The first-order valence-corrected chi connectivity index (χ1v) is 12.6. The molecular weight excluding hydrogens is 559 g/mol. The van der Waals surface area contributed by atoms with Gasteiger partial charge in [0.1, 0.15) is 5.75 Å². The predicted octanol–water partition coefficient (Wildman–Crippen LogP) is 6.89. The van der Waals surface area contributed by atoms with Crippen molar-refractivity contribution in [1.29, 1.82) is 0 Å². The van der Waals surface area contributed by atoms with Crippen molar-refractivity contribution in [3.8, 4) is 34.0 Å². The second-order valence-electron chi connectivity index (χ2n) is 8.94. The number of rotatable bonds is 8.